The van der Waals surface area contributed by atoms with E-state index in [4.69, 9.17) is 4.98 Å². The van der Waals surface area contributed by atoms with Gasteiger partial charge in [-0.05, 0) is 47.5 Å². The topological polar surface area (TPSA) is 32.6 Å². The van der Waals surface area contributed by atoms with Crippen LogP contribution in [0.3, 0.4) is 0 Å². The smallest absolute Gasteiger partial charge is 0.137 e. The third-order valence-electron chi connectivity index (χ3n) is 5.53. The number of pyridine rings is 1. The zero-order valence-corrected chi connectivity index (χ0v) is 16.2. The normalized spacial score (nSPS) is 15.1. The Bertz CT molecular complexity index is 1110. The van der Waals surface area contributed by atoms with Gasteiger partial charge in [-0.1, -0.05) is 30.3 Å². The lowest BCUT2D eigenvalue weighted by atomic mass is 10.1. The minimum absolute atomic E-state index is 0.229. The molecular formula is C24H23FN4. The summed E-state index contributed by atoms with van der Waals surface area (Å²) in [5, 5.41) is 3.41. The van der Waals surface area contributed by atoms with E-state index >= 15 is 0 Å². The molecule has 1 aliphatic heterocycles. The zero-order valence-electron chi connectivity index (χ0n) is 16.2. The van der Waals surface area contributed by atoms with E-state index in [0.717, 1.165) is 60.9 Å². The molecule has 1 aliphatic rings. The van der Waals surface area contributed by atoms with Gasteiger partial charge in [0, 0.05) is 44.5 Å². The van der Waals surface area contributed by atoms with Crippen molar-refractivity contribution in [1.29, 1.82) is 0 Å². The average molecular weight is 386 g/mol. The lowest BCUT2D eigenvalue weighted by Gasteiger charge is -2.27. The van der Waals surface area contributed by atoms with Gasteiger partial charge in [-0.2, -0.15) is 0 Å². The van der Waals surface area contributed by atoms with Gasteiger partial charge in [0.25, 0.3) is 0 Å². The molecule has 0 bridgehead atoms. The number of benzene rings is 2. The van der Waals surface area contributed by atoms with Crippen molar-refractivity contribution < 1.29 is 4.39 Å². The number of nitrogens with zero attached hydrogens (tertiary/aromatic N) is 3. The van der Waals surface area contributed by atoms with Crippen molar-refractivity contribution in [2.45, 2.75) is 6.54 Å². The summed E-state index contributed by atoms with van der Waals surface area (Å²) in [6.45, 7) is 4.83. The average Bonchev–Trinajstić information content (AvgIpc) is 3.13. The number of aromatic nitrogens is 2. The minimum Gasteiger partial charge on any atom is -0.314 e. The van der Waals surface area contributed by atoms with Crippen molar-refractivity contribution in [3.8, 4) is 22.4 Å². The quantitative estimate of drug-likeness (QED) is 0.570. The Hall–Kier alpha value is -3.02. The first-order valence-corrected chi connectivity index (χ1v) is 10.0. The highest BCUT2D eigenvalue weighted by Crippen LogP contribution is 2.28. The Labute approximate surface area is 169 Å². The molecular weight excluding hydrogens is 363 g/mol. The van der Waals surface area contributed by atoms with Crippen LogP contribution >= 0.6 is 0 Å². The Balaban J connectivity index is 1.64. The van der Waals surface area contributed by atoms with Crippen LogP contribution in [0.15, 0.2) is 72.9 Å². The molecule has 0 amide bonds. The minimum atomic E-state index is -0.229. The maximum absolute atomic E-state index is 13.5. The first-order chi connectivity index (χ1) is 14.3. The molecule has 5 rings (SSSR count). The molecule has 0 aliphatic carbocycles. The number of hydrogen-bond acceptors (Lipinski definition) is 3. The lowest BCUT2D eigenvalue weighted by Crippen LogP contribution is -2.43. The van der Waals surface area contributed by atoms with Gasteiger partial charge in [-0.15, -0.1) is 0 Å². The third kappa shape index (κ3) is 3.67. The van der Waals surface area contributed by atoms with Crippen molar-refractivity contribution in [2.24, 2.45) is 0 Å². The second-order valence-electron chi connectivity index (χ2n) is 7.45. The van der Waals surface area contributed by atoms with Crippen LogP contribution in [-0.2, 0) is 6.54 Å². The van der Waals surface area contributed by atoms with Crippen LogP contribution in [0, 0.1) is 5.82 Å². The first-order valence-electron chi connectivity index (χ1n) is 10.0. The first kappa shape index (κ1) is 18.0. The number of halogens is 1. The summed E-state index contributed by atoms with van der Waals surface area (Å²) in [4.78, 5) is 7.36. The van der Waals surface area contributed by atoms with E-state index in [1.807, 2.05) is 18.2 Å². The number of nitrogens with one attached hydrogen (secondary N) is 1. The number of piperazine rings is 1. The molecule has 5 heteroatoms. The van der Waals surface area contributed by atoms with Crippen molar-refractivity contribution in [3.05, 3.63) is 84.4 Å². The molecule has 0 radical (unpaired) electrons. The predicted molar refractivity (Wildman–Crippen MR) is 114 cm³/mol. The molecule has 0 spiro atoms. The largest absolute Gasteiger partial charge is 0.314 e. The van der Waals surface area contributed by atoms with Crippen LogP contribution < -0.4 is 5.32 Å². The van der Waals surface area contributed by atoms with Crippen LogP contribution in [0.4, 0.5) is 4.39 Å². The molecule has 1 saturated heterocycles. The molecule has 4 aromatic rings. The molecule has 146 valence electrons. The van der Waals surface area contributed by atoms with Crippen LogP contribution in [0.5, 0.6) is 0 Å². The van der Waals surface area contributed by atoms with Crippen molar-refractivity contribution in [3.63, 3.8) is 0 Å². The summed E-state index contributed by atoms with van der Waals surface area (Å²) in [7, 11) is 0. The van der Waals surface area contributed by atoms with Crippen LogP contribution in [-0.4, -0.2) is 40.5 Å². The molecule has 1 N–H and O–H groups in total. The molecule has 3 heterocycles. The van der Waals surface area contributed by atoms with Gasteiger partial charge in [0.05, 0.1) is 11.4 Å². The number of hydrogen-bond donors (Lipinski definition) is 1. The SMILES string of the molecule is Fc1ccc(-c2nc3ccc(-c4ccccc4)cn3c2CN2CCNCC2)cc1. The number of imidazole rings is 1. The maximum Gasteiger partial charge on any atom is 0.137 e. The molecule has 0 unspecified atom stereocenters. The lowest BCUT2D eigenvalue weighted by molar-refractivity contribution is 0.230. The van der Waals surface area contributed by atoms with E-state index in [2.05, 4.69) is 57.2 Å². The Kier molecular flexibility index (Phi) is 4.84. The van der Waals surface area contributed by atoms with E-state index in [0.29, 0.717) is 0 Å². The summed E-state index contributed by atoms with van der Waals surface area (Å²) in [6, 6.07) is 21.2. The second kappa shape index (κ2) is 7.78. The van der Waals surface area contributed by atoms with E-state index in [1.54, 1.807) is 0 Å². The van der Waals surface area contributed by atoms with Crippen LogP contribution in [0.1, 0.15) is 5.69 Å². The van der Waals surface area contributed by atoms with Crippen molar-refractivity contribution in [2.75, 3.05) is 26.2 Å². The summed E-state index contributed by atoms with van der Waals surface area (Å²) < 4.78 is 15.7. The highest BCUT2D eigenvalue weighted by molar-refractivity contribution is 5.70. The van der Waals surface area contributed by atoms with E-state index in [-0.39, 0.29) is 5.82 Å². The van der Waals surface area contributed by atoms with Gasteiger partial charge in [0.15, 0.2) is 0 Å². The number of rotatable bonds is 4. The van der Waals surface area contributed by atoms with E-state index < -0.39 is 0 Å². The van der Waals surface area contributed by atoms with Gasteiger partial charge in [-0.25, -0.2) is 9.37 Å². The molecule has 2 aromatic carbocycles. The highest BCUT2D eigenvalue weighted by Gasteiger charge is 2.19. The Morgan fingerprint density at radius 3 is 2.31 bits per heavy atom. The van der Waals surface area contributed by atoms with Gasteiger partial charge < -0.3 is 9.72 Å². The molecule has 29 heavy (non-hydrogen) atoms. The second-order valence-corrected chi connectivity index (χ2v) is 7.45. The molecule has 4 nitrogen and oxygen atoms in total. The van der Waals surface area contributed by atoms with Crippen LogP contribution in [0.2, 0.25) is 0 Å². The molecule has 0 saturated carbocycles. The van der Waals surface area contributed by atoms with Gasteiger partial charge in [0.1, 0.15) is 11.5 Å². The third-order valence-corrected chi connectivity index (χ3v) is 5.53. The molecule has 0 atom stereocenters. The summed E-state index contributed by atoms with van der Waals surface area (Å²) in [5.41, 5.74) is 6.26. The highest BCUT2D eigenvalue weighted by atomic mass is 19.1. The summed E-state index contributed by atoms with van der Waals surface area (Å²) >= 11 is 0. The predicted octanol–water partition coefficient (Wildman–Crippen LogP) is 4.21. The summed E-state index contributed by atoms with van der Waals surface area (Å²) in [5.74, 6) is -0.229. The molecule has 1 fully saturated rings. The standard InChI is InChI=1S/C24H23FN4/c25-21-9-6-19(7-10-21)24-22(17-28-14-12-26-13-15-28)29-16-20(8-11-23(29)27-24)18-4-2-1-3-5-18/h1-11,16,26H,12-15,17H2. The van der Waals surface area contributed by atoms with E-state index in [1.165, 1.54) is 17.7 Å². The summed E-state index contributed by atoms with van der Waals surface area (Å²) in [6.07, 6.45) is 2.17. The monoisotopic (exact) mass is 386 g/mol. The Morgan fingerprint density at radius 1 is 0.828 bits per heavy atom. The van der Waals surface area contributed by atoms with Gasteiger partial charge in [-0.3, -0.25) is 4.90 Å². The maximum atomic E-state index is 13.5. The van der Waals surface area contributed by atoms with Crippen molar-refractivity contribution >= 4 is 5.65 Å². The van der Waals surface area contributed by atoms with Crippen molar-refractivity contribution in [1.82, 2.24) is 19.6 Å². The Morgan fingerprint density at radius 2 is 1.55 bits per heavy atom. The van der Waals surface area contributed by atoms with Gasteiger partial charge in [0.2, 0.25) is 0 Å². The number of fused-ring (bicyclic) bond motifs is 1. The van der Waals surface area contributed by atoms with Crippen LogP contribution in [0.25, 0.3) is 28.0 Å². The fourth-order valence-electron chi connectivity index (χ4n) is 3.97. The molecule has 2 aromatic heterocycles. The van der Waals surface area contributed by atoms with E-state index in [9.17, 15) is 4.39 Å². The van der Waals surface area contributed by atoms with Gasteiger partial charge >= 0.3 is 0 Å². The zero-order chi connectivity index (χ0) is 19.6. The fourth-order valence-corrected chi connectivity index (χ4v) is 3.97. The fraction of sp³-hybridized carbons (Fsp3) is 0.208.